The van der Waals surface area contributed by atoms with E-state index in [1.165, 1.54) is 0 Å². The SMILES string of the molecule is CC(Br)C(=O)Nc1ccc(Br)cc1Br. The van der Waals surface area contributed by atoms with Crippen molar-refractivity contribution in [3.8, 4) is 0 Å². The van der Waals surface area contributed by atoms with Crippen LogP contribution in [0.4, 0.5) is 5.69 Å². The molecule has 0 radical (unpaired) electrons. The molecule has 5 heteroatoms. The second kappa shape index (κ2) is 5.28. The van der Waals surface area contributed by atoms with E-state index in [4.69, 9.17) is 0 Å². The van der Waals surface area contributed by atoms with E-state index in [1.807, 2.05) is 18.2 Å². The molecule has 0 saturated carbocycles. The number of carbonyl (C=O) groups excluding carboxylic acids is 1. The van der Waals surface area contributed by atoms with Crippen LogP contribution in [0.2, 0.25) is 0 Å². The Balaban J connectivity index is 2.82. The molecule has 1 unspecified atom stereocenters. The normalized spacial score (nSPS) is 12.3. The molecule has 2 nitrogen and oxygen atoms in total. The van der Waals surface area contributed by atoms with Gasteiger partial charge in [0.2, 0.25) is 5.91 Å². The first-order valence-electron chi connectivity index (χ1n) is 3.90. The summed E-state index contributed by atoms with van der Waals surface area (Å²) < 4.78 is 1.82. The molecule has 0 aliphatic heterocycles. The molecule has 1 aromatic carbocycles. The smallest absolute Gasteiger partial charge is 0.237 e. The van der Waals surface area contributed by atoms with Gasteiger partial charge in [0.15, 0.2) is 0 Å². The van der Waals surface area contributed by atoms with Crippen LogP contribution in [0.25, 0.3) is 0 Å². The predicted molar refractivity (Wildman–Crippen MR) is 68.9 cm³/mol. The fourth-order valence-corrected chi connectivity index (χ4v) is 2.08. The van der Waals surface area contributed by atoms with Crippen molar-refractivity contribution >= 4 is 59.4 Å². The Labute approximate surface area is 108 Å². The van der Waals surface area contributed by atoms with E-state index in [9.17, 15) is 4.79 Å². The zero-order valence-electron chi connectivity index (χ0n) is 7.35. The van der Waals surface area contributed by atoms with E-state index in [2.05, 4.69) is 53.1 Å². The molecular formula is C9H8Br3NO. The third-order valence-electron chi connectivity index (χ3n) is 1.55. The number of benzene rings is 1. The van der Waals surface area contributed by atoms with E-state index in [0.29, 0.717) is 0 Å². The second-order valence-electron chi connectivity index (χ2n) is 2.73. The number of carbonyl (C=O) groups is 1. The van der Waals surface area contributed by atoms with Crippen molar-refractivity contribution in [2.75, 3.05) is 5.32 Å². The Morgan fingerprint density at radius 3 is 2.57 bits per heavy atom. The van der Waals surface area contributed by atoms with Crippen LogP contribution in [0.1, 0.15) is 6.92 Å². The summed E-state index contributed by atoms with van der Waals surface area (Å²) in [5.41, 5.74) is 0.768. The lowest BCUT2D eigenvalue weighted by molar-refractivity contribution is -0.115. The molecule has 14 heavy (non-hydrogen) atoms. The number of halogens is 3. The van der Waals surface area contributed by atoms with Crippen LogP contribution in [0.5, 0.6) is 0 Å². The van der Waals surface area contributed by atoms with Crippen LogP contribution in [-0.2, 0) is 4.79 Å². The van der Waals surface area contributed by atoms with Gasteiger partial charge in [-0.2, -0.15) is 0 Å². The van der Waals surface area contributed by atoms with Gasteiger partial charge in [-0.25, -0.2) is 0 Å². The number of rotatable bonds is 2. The quantitative estimate of drug-likeness (QED) is 0.768. The number of hydrogen-bond donors (Lipinski definition) is 1. The molecule has 0 aliphatic carbocycles. The van der Waals surface area contributed by atoms with Crippen LogP contribution in [0, 0.1) is 0 Å². The minimum Gasteiger partial charge on any atom is -0.324 e. The summed E-state index contributed by atoms with van der Waals surface area (Å²) in [5, 5.41) is 2.78. The third-order valence-corrected chi connectivity index (χ3v) is 3.12. The van der Waals surface area contributed by atoms with E-state index < -0.39 is 0 Å². The van der Waals surface area contributed by atoms with Gasteiger partial charge < -0.3 is 5.32 Å². The molecule has 1 N–H and O–H groups in total. The lowest BCUT2D eigenvalue weighted by Crippen LogP contribution is -2.20. The maximum Gasteiger partial charge on any atom is 0.237 e. The monoisotopic (exact) mass is 383 g/mol. The molecule has 0 saturated heterocycles. The highest BCUT2D eigenvalue weighted by Crippen LogP contribution is 2.26. The zero-order valence-corrected chi connectivity index (χ0v) is 12.1. The molecule has 0 aromatic heterocycles. The van der Waals surface area contributed by atoms with Crippen molar-refractivity contribution < 1.29 is 4.79 Å². The molecule has 1 rings (SSSR count). The molecular weight excluding hydrogens is 378 g/mol. The summed E-state index contributed by atoms with van der Waals surface area (Å²) in [7, 11) is 0. The molecule has 76 valence electrons. The molecule has 0 aliphatic rings. The Kier molecular flexibility index (Phi) is 4.60. The van der Waals surface area contributed by atoms with Crippen LogP contribution >= 0.6 is 47.8 Å². The van der Waals surface area contributed by atoms with Crippen molar-refractivity contribution in [2.45, 2.75) is 11.8 Å². The number of alkyl halides is 1. The Bertz CT molecular complexity index is 352. The Morgan fingerprint density at radius 2 is 2.07 bits per heavy atom. The average molecular weight is 386 g/mol. The first-order chi connectivity index (χ1) is 6.50. The molecule has 1 amide bonds. The van der Waals surface area contributed by atoms with Crippen molar-refractivity contribution in [3.05, 3.63) is 27.1 Å². The lowest BCUT2D eigenvalue weighted by Gasteiger charge is -2.08. The standard InChI is InChI=1S/C9H8Br3NO/c1-5(10)9(14)13-8-3-2-6(11)4-7(8)12/h2-5H,1H3,(H,13,14). The molecule has 0 heterocycles. The zero-order chi connectivity index (χ0) is 10.7. The summed E-state index contributed by atoms with van der Waals surface area (Å²) in [6, 6.07) is 5.59. The first-order valence-corrected chi connectivity index (χ1v) is 6.41. The van der Waals surface area contributed by atoms with Gasteiger partial charge in [-0.05, 0) is 41.1 Å². The summed E-state index contributed by atoms with van der Waals surface area (Å²) in [6.45, 7) is 1.78. The highest BCUT2D eigenvalue weighted by Gasteiger charge is 2.10. The van der Waals surface area contributed by atoms with Gasteiger partial charge >= 0.3 is 0 Å². The van der Waals surface area contributed by atoms with Crippen LogP contribution in [0.15, 0.2) is 27.1 Å². The highest BCUT2D eigenvalue weighted by atomic mass is 79.9. The number of anilines is 1. The van der Waals surface area contributed by atoms with Crippen molar-refractivity contribution in [2.24, 2.45) is 0 Å². The van der Waals surface area contributed by atoms with E-state index in [0.717, 1.165) is 14.6 Å². The molecule has 0 spiro atoms. The fourth-order valence-electron chi connectivity index (χ4n) is 0.823. The van der Waals surface area contributed by atoms with Crippen LogP contribution < -0.4 is 5.32 Å². The molecule has 0 bridgehead atoms. The van der Waals surface area contributed by atoms with E-state index in [-0.39, 0.29) is 10.7 Å². The van der Waals surface area contributed by atoms with Gasteiger partial charge in [0.05, 0.1) is 10.5 Å². The third kappa shape index (κ3) is 3.37. The molecule has 1 atom stereocenters. The summed E-state index contributed by atoms with van der Waals surface area (Å²) in [5.74, 6) is -0.0620. The topological polar surface area (TPSA) is 29.1 Å². The summed E-state index contributed by atoms with van der Waals surface area (Å²) >= 11 is 9.90. The van der Waals surface area contributed by atoms with E-state index >= 15 is 0 Å². The molecule has 1 aromatic rings. The largest absolute Gasteiger partial charge is 0.324 e. The predicted octanol–water partition coefficient (Wildman–Crippen LogP) is 3.93. The second-order valence-corrected chi connectivity index (χ2v) is 5.87. The van der Waals surface area contributed by atoms with Crippen LogP contribution in [-0.4, -0.2) is 10.7 Å². The van der Waals surface area contributed by atoms with Gasteiger partial charge in [-0.3, -0.25) is 4.79 Å². The van der Waals surface area contributed by atoms with Gasteiger partial charge in [-0.1, -0.05) is 31.9 Å². The number of nitrogens with one attached hydrogen (secondary N) is 1. The molecule has 0 fully saturated rings. The summed E-state index contributed by atoms with van der Waals surface area (Å²) in [6.07, 6.45) is 0. The fraction of sp³-hybridized carbons (Fsp3) is 0.222. The highest BCUT2D eigenvalue weighted by molar-refractivity contribution is 9.11. The summed E-state index contributed by atoms with van der Waals surface area (Å²) in [4.78, 5) is 11.2. The van der Waals surface area contributed by atoms with Gasteiger partial charge in [0, 0.05) is 8.95 Å². The Hall–Kier alpha value is 0.130. The number of hydrogen-bond acceptors (Lipinski definition) is 1. The Morgan fingerprint density at radius 1 is 1.43 bits per heavy atom. The maximum atomic E-state index is 11.4. The van der Waals surface area contributed by atoms with Gasteiger partial charge in [0.1, 0.15) is 0 Å². The average Bonchev–Trinajstić information content (AvgIpc) is 2.09. The van der Waals surface area contributed by atoms with Crippen molar-refractivity contribution in [1.82, 2.24) is 0 Å². The van der Waals surface area contributed by atoms with Crippen LogP contribution in [0.3, 0.4) is 0 Å². The maximum absolute atomic E-state index is 11.4. The van der Waals surface area contributed by atoms with E-state index in [1.54, 1.807) is 6.92 Å². The van der Waals surface area contributed by atoms with Gasteiger partial charge in [0.25, 0.3) is 0 Å². The van der Waals surface area contributed by atoms with Crippen molar-refractivity contribution in [3.63, 3.8) is 0 Å². The minimum absolute atomic E-state index is 0.0620. The first kappa shape index (κ1) is 12.2. The lowest BCUT2D eigenvalue weighted by atomic mass is 10.3. The minimum atomic E-state index is -0.196. The van der Waals surface area contributed by atoms with Crippen molar-refractivity contribution in [1.29, 1.82) is 0 Å². The van der Waals surface area contributed by atoms with Gasteiger partial charge in [-0.15, -0.1) is 0 Å². The number of amides is 1.